The number of allylic oxidation sites excluding steroid dienone is 1. The molecule has 2 aromatic heterocycles. The number of hydrogen-bond acceptors (Lipinski definition) is 5. The fourth-order valence-corrected chi connectivity index (χ4v) is 4.79. The van der Waals surface area contributed by atoms with Crippen LogP contribution in [0.1, 0.15) is 43.5 Å². The van der Waals surface area contributed by atoms with Gasteiger partial charge in [0.15, 0.2) is 0 Å². The largest absolute Gasteiger partial charge is 0.465 e. The van der Waals surface area contributed by atoms with Gasteiger partial charge < -0.3 is 30.2 Å². The Morgan fingerprint density at radius 1 is 1.19 bits per heavy atom. The number of imidazole rings is 1. The topological polar surface area (TPSA) is 149 Å². The fourth-order valence-electron chi connectivity index (χ4n) is 4.79. The zero-order valence-corrected chi connectivity index (χ0v) is 22.9. The number of aromatic nitrogens is 3. The molecule has 1 aliphatic rings. The first kappa shape index (κ1) is 31.3. The number of aromatic amines is 1. The standard InChI is InChI=1S/C28H30F4N6O5/c29-18-14-17(9-10-28(30,31)32)24-21(15-18)33-22(36-24)16-38-13-5-7-20(26(38)41)34-25(40)19(35-27(42)43)6-1-2-8-23(39)37-11-3-4-12-37/h2,5,7-8,13-15,19,35H,1,3-4,6,9-12,16H2,(H,33,36)(H,34,40)(H,42,43)/b8-2+/t19-/m0/s1. The van der Waals surface area contributed by atoms with E-state index in [0.29, 0.717) is 13.1 Å². The molecule has 0 radical (unpaired) electrons. The number of nitrogens with one attached hydrogen (secondary N) is 3. The third kappa shape index (κ3) is 8.66. The Labute approximate surface area is 242 Å². The molecule has 4 rings (SSSR count). The summed E-state index contributed by atoms with van der Waals surface area (Å²) in [6, 6.07) is 3.64. The lowest BCUT2D eigenvalue weighted by molar-refractivity contribution is -0.134. The highest BCUT2D eigenvalue weighted by Crippen LogP contribution is 2.26. The van der Waals surface area contributed by atoms with Crippen LogP contribution in [0.5, 0.6) is 0 Å². The Hall–Kier alpha value is -4.69. The van der Waals surface area contributed by atoms with E-state index in [-0.39, 0.29) is 53.4 Å². The molecule has 1 aliphatic heterocycles. The first-order valence-electron chi connectivity index (χ1n) is 13.6. The van der Waals surface area contributed by atoms with Crippen LogP contribution in [0.25, 0.3) is 11.0 Å². The van der Waals surface area contributed by atoms with Crippen molar-refractivity contribution in [2.75, 3.05) is 18.4 Å². The van der Waals surface area contributed by atoms with Gasteiger partial charge >= 0.3 is 12.3 Å². The number of carbonyl (C=O) groups is 3. The average Bonchev–Trinajstić information content (AvgIpc) is 3.61. The van der Waals surface area contributed by atoms with Gasteiger partial charge in [0.25, 0.3) is 5.56 Å². The molecule has 4 N–H and O–H groups in total. The van der Waals surface area contributed by atoms with Crippen molar-refractivity contribution in [1.82, 2.24) is 24.8 Å². The second-order valence-corrected chi connectivity index (χ2v) is 10.1. The number of nitrogens with zero attached hydrogens (tertiary/aromatic N) is 3. The van der Waals surface area contributed by atoms with Crippen molar-refractivity contribution in [2.45, 2.75) is 57.3 Å². The zero-order valence-electron chi connectivity index (χ0n) is 22.9. The average molecular weight is 607 g/mol. The van der Waals surface area contributed by atoms with E-state index < -0.39 is 48.4 Å². The maximum absolute atomic E-state index is 14.0. The van der Waals surface area contributed by atoms with Crippen molar-refractivity contribution >= 4 is 34.6 Å². The minimum atomic E-state index is -4.43. The molecule has 1 aromatic carbocycles. The van der Waals surface area contributed by atoms with E-state index in [1.54, 1.807) is 11.0 Å². The third-order valence-corrected chi connectivity index (χ3v) is 6.87. The number of H-pyrrole nitrogens is 1. The van der Waals surface area contributed by atoms with E-state index in [1.165, 1.54) is 29.0 Å². The molecule has 3 amide bonds. The van der Waals surface area contributed by atoms with Gasteiger partial charge in [-0.05, 0) is 68.0 Å². The molecule has 11 nitrogen and oxygen atoms in total. The Balaban J connectivity index is 1.45. The minimum Gasteiger partial charge on any atom is -0.465 e. The van der Waals surface area contributed by atoms with E-state index in [9.17, 15) is 41.8 Å². The quantitative estimate of drug-likeness (QED) is 0.192. The van der Waals surface area contributed by atoms with Gasteiger partial charge in [-0.1, -0.05) is 6.08 Å². The van der Waals surface area contributed by atoms with Crippen LogP contribution in [0.4, 0.5) is 28.0 Å². The first-order chi connectivity index (χ1) is 20.4. The highest BCUT2D eigenvalue weighted by Gasteiger charge is 2.27. The van der Waals surface area contributed by atoms with Gasteiger partial charge in [0.2, 0.25) is 11.8 Å². The number of fused-ring (bicyclic) bond motifs is 1. The van der Waals surface area contributed by atoms with Crippen LogP contribution < -0.4 is 16.2 Å². The predicted octanol–water partition coefficient (Wildman–Crippen LogP) is 3.94. The molecule has 1 atom stereocenters. The third-order valence-electron chi connectivity index (χ3n) is 6.87. The maximum Gasteiger partial charge on any atom is 0.405 e. The number of rotatable bonds is 11. The monoisotopic (exact) mass is 606 g/mol. The summed E-state index contributed by atoms with van der Waals surface area (Å²) in [6.07, 6.45) is -1.03. The van der Waals surface area contributed by atoms with Crippen molar-refractivity contribution in [3.63, 3.8) is 0 Å². The Morgan fingerprint density at radius 2 is 1.93 bits per heavy atom. The summed E-state index contributed by atoms with van der Waals surface area (Å²) < 4.78 is 53.4. The maximum atomic E-state index is 14.0. The molecule has 3 heterocycles. The van der Waals surface area contributed by atoms with E-state index in [0.717, 1.165) is 25.0 Å². The SMILES string of the molecule is O=C(O)N[C@@H](CC/C=C/C(=O)N1CCCC1)C(=O)Nc1cccn(Cc2nc3c(CCC(F)(F)F)cc(F)cc3[nH]2)c1=O. The zero-order chi connectivity index (χ0) is 31.1. The van der Waals surface area contributed by atoms with Gasteiger partial charge in [0.05, 0.1) is 17.6 Å². The van der Waals surface area contributed by atoms with Crippen LogP contribution in [0.3, 0.4) is 0 Å². The Bertz CT molecular complexity index is 1580. The van der Waals surface area contributed by atoms with Gasteiger partial charge in [0.1, 0.15) is 23.4 Å². The Morgan fingerprint density at radius 3 is 2.63 bits per heavy atom. The molecule has 0 unspecified atom stereocenters. The van der Waals surface area contributed by atoms with Gasteiger partial charge in [-0.25, -0.2) is 14.2 Å². The number of carboxylic acid groups (broad SMARTS) is 1. The highest BCUT2D eigenvalue weighted by molar-refractivity contribution is 5.96. The van der Waals surface area contributed by atoms with Crippen LogP contribution >= 0.6 is 0 Å². The minimum absolute atomic E-state index is 0.0230. The van der Waals surface area contributed by atoms with Crippen molar-refractivity contribution in [3.05, 3.63) is 70.2 Å². The molecular weight excluding hydrogens is 576 g/mol. The van der Waals surface area contributed by atoms with E-state index in [1.807, 2.05) is 0 Å². The molecule has 1 saturated heterocycles. The number of hydrogen-bond donors (Lipinski definition) is 4. The van der Waals surface area contributed by atoms with Gasteiger partial charge in [-0.15, -0.1) is 0 Å². The lowest BCUT2D eigenvalue weighted by Gasteiger charge is -2.16. The number of alkyl halides is 3. The first-order valence-corrected chi connectivity index (χ1v) is 13.6. The van der Waals surface area contributed by atoms with Crippen LogP contribution in [-0.4, -0.2) is 67.8 Å². The molecule has 43 heavy (non-hydrogen) atoms. The molecule has 1 fully saturated rings. The summed E-state index contributed by atoms with van der Waals surface area (Å²) in [4.78, 5) is 58.2. The summed E-state index contributed by atoms with van der Waals surface area (Å²) in [7, 11) is 0. The molecule has 230 valence electrons. The molecule has 0 spiro atoms. The summed E-state index contributed by atoms with van der Waals surface area (Å²) in [6.45, 7) is 1.19. The summed E-state index contributed by atoms with van der Waals surface area (Å²) in [5.41, 5.74) is -0.432. The number of amides is 3. The molecular formula is C28H30F4N6O5. The second kappa shape index (κ2) is 13.5. The fraction of sp³-hybridized carbons (Fsp3) is 0.393. The lowest BCUT2D eigenvalue weighted by atomic mass is 10.1. The van der Waals surface area contributed by atoms with Gasteiger partial charge in [-0.3, -0.25) is 14.4 Å². The Kier molecular flexibility index (Phi) is 9.83. The van der Waals surface area contributed by atoms with E-state index in [2.05, 4.69) is 20.6 Å². The normalized spacial score (nSPS) is 14.4. The molecule has 0 aliphatic carbocycles. The van der Waals surface area contributed by atoms with Gasteiger partial charge in [0, 0.05) is 25.7 Å². The van der Waals surface area contributed by atoms with Crippen LogP contribution in [0.2, 0.25) is 0 Å². The van der Waals surface area contributed by atoms with Crippen molar-refractivity contribution in [1.29, 1.82) is 0 Å². The summed E-state index contributed by atoms with van der Waals surface area (Å²) >= 11 is 0. The van der Waals surface area contributed by atoms with Crippen LogP contribution in [0.15, 0.2) is 47.4 Å². The molecule has 3 aromatic rings. The smallest absolute Gasteiger partial charge is 0.405 e. The van der Waals surface area contributed by atoms with Gasteiger partial charge in [-0.2, -0.15) is 13.2 Å². The molecule has 15 heteroatoms. The number of pyridine rings is 1. The van der Waals surface area contributed by atoms with E-state index in [4.69, 9.17) is 0 Å². The number of likely N-dealkylation sites (tertiary alicyclic amines) is 1. The highest BCUT2D eigenvalue weighted by atomic mass is 19.4. The van der Waals surface area contributed by atoms with E-state index >= 15 is 0 Å². The van der Waals surface area contributed by atoms with Crippen LogP contribution in [-0.2, 0) is 22.6 Å². The number of carbonyl (C=O) groups excluding carboxylic acids is 2. The predicted molar refractivity (Wildman–Crippen MR) is 148 cm³/mol. The van der Waals surface area contributed by atoms with Crippen molar-refractivity contribution in [2.24, 2.45) is 0 Å². The van der Waals surface area contributed by atoms with Crippen molar-refractivity contribution in [3.8, 4) is 0 Å². The van der Waals surface area contributed by atoms with Crippen molar-refractivity contribution < 1.29 is 37.1 Å². The second-order valence-electron chi connectivity index (χ2n) is 10.1. The number of anilines is 1. The number of benzene rings is 1. The summed E-state index contributed by atoms with van der Waals surface area (Å²) in [5.74, 6) is -1.51. The molecule has 0 bridgehead atoms. The van der Waals surface area contributed by atoms with Crippen LogP contribution in [0, 0.1) is 5.82 Å². The molecule has 0 saturated carbocycles. The number of aryl methyl sites for hydroxylation is 1. The lowest BCUT2D eigenvalue weighted by Crippen LogP contribution is -2.44. The summed E-state index contributed by atoms with van der Waals surface area (Å²) in [5, 5.41) is 13.7. The number of halogens is 4.